The van der Waals surface area contributed by atoms with Gasteiger partial charge in [-0.1, -0.05) is 11.8 Å². The van der Waals surface area contributed by atoms with Gasteiger partial charge in [0.15, 0.2) is 7.37 Å². The highest BCUT2D eigenvalue weighted by atomic mass is 31.2. The number of aromatic nitrogens is 2. The molecule has 25 heavy (non-hydrogen) atoms. The molecular formula is C15H22N3O6P. The van der Waals surface area contributed by atoms with Crippen molar-refractivity contribution >= 4 is 13.2 Å². The minimum absolute atomic E-state index is 0.0191. The summed E-state index contributed by atoms with van der Waals surface area (Å²) in [5.74, 6) is 5.60. The molecule has 9 nitrogen and oxygen atoms in total. The molecule has 4 atom stereocenters. The zero-order chi connectivity index (χ0) is 18.6. The van der Waals surface area contributed by atoms with E-state index in [0.717, 1.165) is 0 Å². The van der Waals surface area contributed by atoms with Gasteiger partial charge < -0.3 is 25.6 Å². The Hall–Kier alpha value is -1.69. The third-order valence-electron chi connectivity index (χ3n) is 3.77. The Morgan fingerprint density at radius 3 is 2.88 bits per heavy atom. The molecule has 1 saturated heterocycles. The number of nitrogens with zero attached hydrogens (tertiary/aromatic N) is 2. The molecule has 4 unspecified atom stereocenters. The first-order valence-electron chi connectivity index (χ1n) is 7.82. The van der Waals surface area contributed by atoms with Crippen LogP contribution >= 0.6 is 7.37 Å². The van der Waals surface area contributed by atoms with Gasteiger partial charge in [-0.05, 0) is 6.42 Å². The summed E-state index contributed by atoms with van der Waals surface area (Å²) < 4.78 is 17.8. The molecule has 0 spiro atoms. The second-order valence-electron chi connectivity index (χ2n) is 6.02. The number of aliphatic hydroxyl groups is 2. The minimum atomic E-state index is -3.04. The van der Waals surface area contributed by atoms with Crippen LogP contribution in [0.1, 0.15) is 31.1 Å². The molecule has 0 bridgehead atoms. The Labute approximate surface area is 144 Å². The summed E-state index contributed by atoms with van der Waals surface area (Å²) in [5, 5.41) is 18.9. The van der Waals surface area contributed by atoms with Gasteiger partial charge in [-0.15, -0.1) is 0 Å². The standard InChI is InChI=1S/C15H22N3O6P/c1-25(22,23)6-4-2-3-5-10-8-18(15(21)17-14(10)16)13-7-11(20)12(9-19)24-13/h8,11-13,19-20H,2,4,6-7,9H2,1H3,(H,22,23)(H2,16,17,21). The number of nitrogens with two attached hydrogens (primary N) is 1. The lowest BCUT2D eigenvalue weighted by atomic mass is 10.2. The molecule has 10 heteroatoms. The number of ether oxygens (including phenoxy) is 1. The predicted octanol–water partition coefficient (Wildman–Crippen LogP) is -0.502. The average Bonchev–Trinajstić information content (AvgIpc) is 2.88. The molecule has 0 saturated carbocycles. The Bertz CT molecular complexity index is 778. The number of anilines is 1. The zero-order valence-corrected chi connectivity index (χ0v) is 14.7. The first kappa shape index (κ1) is 19.6. The zero-order valence-electron chi connectivity index (χ0n) is 13.8. The van der Waals surface area contributed by atoms with E-state index in [9.17, 15) is 19.4 Å². The Kier molecular flexibility index (Phi) is 6.38. The summed E-state index contributed by atoms with van der Waals surface area (Å²) in [6, 6.07) is 0. The van der Waals surface area contributed by atoms with Crippen molar-refractivity contribution in [1.29, 1.82) is 0 Å². The van der Waals surface area contributed by atoms with Crippen LogP contribution in [0.4, 0.5) is 5.82 Å². The van der Waals surface area contributed by atoms with Gasteiger partial charge in [0.05, 0.1) is 18.3 Å². The molecule has 0 aromatic carbocycles. The third-order valence-corrected chi connectivity index (χ3v) is 4.92. The molecule has 2 heterocycles. The van der Waals surface area contributed by atoms with Gasteiger partial charge in [0.2, 0.25) is 0 Å². The smallest absolute Gasteiger partial charge is 0.351 e. The third kappa shape index (κ3) is 5.39. The van der Waals surface area contributed by atoms with E-state index in [1.165, 1.54) is 17.4 Å². The highest BCUT2D eigenvalue weighted by Crippen LogP contribution is 2.35. The quantitative estimate of drug-likeness (QED) is 0.307. The maximum Gasteiger partial charge on any atom is 0.351 e. The van der Waals surface area contributed by atoms with E-state index in [0.29, 0.717) is 18.4 Å². The average molecular weight is 371 g/mol. The van der Waals surface area contributed by atoms with Gasteiger partial charge >= 0.3 is 5.69 Å². The normalized spacial score (nSPS) is 25.2. The van der Waals surface area contributed by atoms with Crippen LogP contribution in [0.5, 0.6) is 0 Å². The maximum atomic E-state index is 12.0. The van der Waals surface area contributed by atoms with Crippen molar-refractivity contribution in [3.05, 3.63) is 22.2 Å². The SMILES string of the molecule is CP(=O)(O)CCCC#Cc1cn(C2CC(O)C(CO)O2)c(=O)nc1N. The molecular weight excluding hydrogens is 349 g/mol. The second-order valence-corrected chi connectivity index (χ2v) is 8.57. The van der Waals surface area contributed by atoms with Crippen molar-refractivity contribution in [3.63, 3.8) is 0 Å². The summed E-state index contributed by atoms with van der Waals surface area (Å²) in [5.41, 5.74) is 5.41. The molecule has 0 aliphatic carbocycles. The van der Waals surface area contributed by atoms with Crippen LogP contribution in [0.15, 0.2) is 11.0 Å². The minimum Gasteiger partial charge on any atom is -0.394 e. The lowest BCUT2D eigenvalue weighted by molar-refractivity contribution is -0.0458. The molecule has 1 aliphatic rings. The summed E-state index contributed by atoms with van der Waals surface area (Å²) >= 11 is 0. The molecule has 1 fully saturated rings. The molecule has 1 aromatic heterocycles. The van der Waals surface area contributed by atoms with E-state index >= 15 is 0 Å². The molecule has 138 valence electrons. The van der Waals surface area contributed by atoms with Crippen LogP contribution in [-0.2, 0) is 9.30 Å². The number of aliphatic hydroxyl groups excluding tert-OH is 2. The van der Waals surface area contributed by atoms with Crippen LogP contribution < -0.4 is 11.4 Å². The number of rotatable bonds is 5. The van der Waals surface area contributed by atoms with Crippen LogP contribution in [0, 0.1) is 11.8 Å². The van der Waals surface area contributed by atoms with Crippen molar-refractivity contribution in [2.75, 3.05) is 25.2 Å². The molecule has 0 radical (unpaired) electrons. The van der Waals surface area contributed by atoms with Crippen molar-refractivity contribution in [2.24, 2.45) is 0 Å². The number of nitrogen functional groups attached to an aromatic ring is 1. The Morgan fingerprint density at radius 2 is 2.28 bits per heavy atom. The number of hydrogen-bond acceptors (Lipinski definition) is 7. The molecule has 5 N–H and O–H groups in total. The van der Waals surface area contributed by atoms with Crippen LogP contribution in [0.2, 0.25) is 0 Å². The summed E-state index contributed by atoms with van der Waals surface area (Å²) in [6.45, 7) is 0.946. The number of unbranched alkanes of at least 4 members (excludes halogenated alkanes) is 1. The van der Waals surface area contributed by atoms with Crippen molar-refractivity contribution in [3.8, 4) is 11.8 Å². The first-order chi connectivity index (χ1) is 11.7. The second kappa shape index (κ2) is 8.13. The maximum absolute atomic E-state index is 12.0. The van der Waals surface area contributed by atoms with Crippen molar-refractivity contribution in [1.82, 2.24) is 9.55 Å². The van der Waals surface area contributed by atoms with Gasteiger partial charge in [0.25, 0.3) is 0 Å². The fourth-order valence-corrected chi connectivity index (χ4v) is 3.20. The Morgan fingerprint density at radius 1 is 1.56 bits per heavy atom. The highest BCUT2D eigenvalue weighted by Gasteiger charge is 2.35. The first-order valence-corrected chi connectivity index (χ1v) is 10.1. The van der Waals surface area contributed by atoms with Gasteiger partial charge in [-0.3, -0.25) is 9.13 Å². The number of hydrogen-bond donors (Lipinski definition) is 4. The topological polar surface area (TPSA) is 148 Å². The lowest BCUT2D eigenvalue weighted by Gasteiger charge is -2.15. The van der Waals surface area contributed by atoms with E-state index < -0.39 is 31.5 Å². The lowest BCUT2D eigenvalue weighted by Crippen LogP contribution is -2.28. The van der Waals surface area contributed by atoms with Crippen LogP contribution in [0.25, 0.3) is 0 Å². The molecule has 1 aliphatic heterocycles. The Balaban J connectivity index is 2.13. The van der Waals surface area contributed by atoms with Gasteiger partial charge in [0, 0.05) is 31.9 Å². The summed E-state index contributed by atoms with van der Waals surface area (Å²) in [7, 11) is -3.04. The summed E-state index contributed by atoms with van der Waals surface area (Å²) in [6.07, 6.45) is 0.226. The van der Waals surface area contributed by atoms with Crippen LogP contribution in [0.3, 0.4) is 0 Å². The molecule has 1 aromatic rings. The van der Waals surface area contributed by atoms with E-state index in [4.69, 9.17) is 15.6 Å². The molecule has 2 rings (SSSR count). The van der Waals surface area contributed by atoms with Crippen LogP contribution in [-0.4, -0.2) is 56.3 Å². The van der Waals surface area contributed by atoms with E-state index in [2.05, 4.69) is 16.8 Å². The van der Waals surface area contributed by atoms with Gasteiger partial charge in [-0.2, -0.15) is 4.98 Å². The monoisotopic (exact) mass is 371 g/mol. The van der Waals surface area contributed by atoms with E-state index in [1.807, 2.05) is 0 Å². The van der Waals surface area contributed by atoms with Gasteiger partial charge in [0.1, 0.15) is 18.1 Å². The predicted molar refractivity (Wildman–Crippen MR) is 91.3 cm³/mol. The fraction of sp³-hybridized carbons (Fsp3) is 0.600. The van der Waals surface area contributed by atoms with Gasteiger partial charge in [-0.25, -0.2) is 4.79 Å². The summed E-state index contributed by atoms with van der Waals surface area (Å²) in [4.78, 5) is 24.9. The van der Waals surface area contributed by atoms with Crippen molar-refractivity contribution < 1.29 is 24.4 Å². The van der Waals surface area contributed by atoms with E-state index in [1.54, 1.807) is 0 Å². The highest BCUT2D eigenvalue weighted by molar-refractivity contribution is 7.57. The van der Waals surface area contributed by atoms with E-state index in [-0.39, 0.29) is 25.0 Å². The largest absolute Gasteiger partial charge is 0.394 e. The molecule has 0 amide bonds. The van der Waals surface area contributed by atoms with Crippen molar-refractivity contribution in [2.45, 2.75) is 37.7 Å². The fourth-order valence-electron chi connectivity index (χ4n) is 2.45.